The maximum atomic E-state index is 10.2. The summed E-state index contributed by atoms with van der Waals surface area (Å²) < 4.78 is 0.815. The van der Waals surface area contributed by atoms with Crippen molar-refractivity contribution in [1.29, 1.82) is 0 Å². The molecule has 0 amide bonds. The highest BCUT2D eigenvalue weighted by Crippen LogP contribution is 2.33. The highest BCUT2D eigenvalue weighted by molar-refractivity contribution is 9.10. The number of rotatable bonds is 1. The Bertz CT molecular complexity index is 317. The standard InChI is InChI=1S/C8H11BrN2OS/c1-11-3-2-8(12,5-11)7-10-6(9)4-13-7/h4,12H,2-3,5H2,1H3. The summed E-state index contributed by atoms with van der Waals surface area (Å²) in [6.07, 6.45) is 0.781. The minimum absolute atomic E-state index is 0.687. The first-order valence-electron chi connectivity index (χ1n) is 4.13. The van der Waals surface area contributed by atoms with Gasteiger partial charge in [0.2, 0.25) is 0 Å². The Hall–Kier alpha value is 0.0300. The summed E-state index contributed by atoms with van der Waals surface area (Å²) in [6.45, 7) is 1.63. The van der Waals surface area contributed by atoms with E-state index in [1.54, 1.807) is 0 Å². The van der Waals surface area contributed by atoms with Crippen LogP contribution < -0.4 is 0 Å². The van der Waals surface area contributed by atoms with E-state index in [4.69, 9.17) is 0 Å². The van der Waals surface area contributed by atoms with Gasteiger partial charge in [-0.1, -0.05) is 0 Å². The Morgan fingerprint density at radius 1 is 1.77 bits per heavy atom. The van der Waals surface area contributed by atoms with E-state index < -0.39 is 5.60 Å². The molecule has 1 aromatic heterocycles. The Morgan fingerprint density at radius 3 is 3.00 bits per heavy atom. The van der Waals surface area contributed by atoms with Crippen molar-refractivity contribution in [2.45, 2.75) is 12.0 Å². The average Bonchev–Trinajstić information content (AvgIpc) is 2.60. The fourth-order valence-electron chi connectivity index (χ4n) is 1.62. The van der Waals surface area contributed by atoms with Crippen molar-refractivity contribution in [2.24, 2.45) is 0 Å². The smallest absolute Gasteiger partial charge is 0.130 e. The molecule has 72 valence electrons. The second kappa shape index (κ2) is 3.31. The number of thiazole rings is 1. The summed E-state index contributed by atoms with van der Waals surface area (Å²) in [4.78, 5) is 6.38. The second-order valence-corrected chi connectivity index (χ2v) is 5.17. The number of hydrogen-bond acceptors (Lipinski definition) is 4. The second-order valence-electron chi connectivity index (χ2n) is 3.49. The molecule has 1 fully saturated rings. The first kappa shape index (κ1) is 9.58. The average molecular weight is 263 g/mol. The van der Waals surface area contributed by atoms with Crippen LogP contribution in [0.25, 0.3) is 0 Å². The molecule has 13 heavy (non-hydrogen) atoms. The first-order chi connectivity index (χ1) is 6.10. The van der Waals surface area contributed by atoms with E-state index in [-0.39, 0.29) is 0 Å². The predicted molar refractivity (Wildman–Crippen MR) is 55.8 cm³/mol. The summed E-state index contributed by atoms with van der Waals surface area (Å²) in [7, 11) is 2.01. The summed E-state index contributed by atoms with van der Waals surface area (Å²) in [5.41, 5.74) is -0.717. The van der Waals surface area contributed by atoms with Crippen LogP contribution in [0.5, 0.6) is 0 Å². The number of β-amino-alcohol motifs (C(OH)–C–C–N with tert-alkyl or cyclic N) is 1. The SMILES string of the molecule is CN1CCC(O)(c2nc(Br)cs2)C1. The molecule has 0 saturated carbocycles. The molecule has 0 aromatic carbocycles. The van der Waals surface area contributed by atoms with Crippen molar-refractivity contribution in [1.82, 2.24) is 9.88 Å². The van der Waals surface area contributed by atoms with Crippen molar-refractivity contribution >= 4 is 27.3 Å². The molecular formula is C8H11BrN2OS. The van der Waals surface area contributed by atoms with E-state index in [0.717, 1.165) is 22.6 Å². The van der Waals surface area contributed by atoms with Crippen LogP contribution in [0.2, 0.25) is 0 Å². The lowest BCUT2D eigenvalue weighted by molar-refractivity contribution is 0.0485. The quantitative estimate of drug-likeness (QED) is 0.832. The van der Waals surface area contributed by atoms with Crippen LogP contribution in [0.1, 0.15) is 11.4 Å². The number of halogens is 1. The molecule has 1 unspecified atom stereocenters. The lowest BCUT2D eigenvalue weighted by Crippen LogP contribution is -2.28. The maximum absolute atomic E-state index is 10.2. The molecule has 1 N–H and O–H groups in total. The van der Waals surface area contributed by atoms with Crippen molar-refractivity contribution in [3.05, 3.63) is 15.0 Å². The first-order valence-corrected chi connectivity index (χ1v) is 5.80. The van der Waals surface area contributed by atoms with Crippen LogP contribution in [-0.4, -0.2) is 35.1 Å². The number of nitrogens with zero attached hydrogens (tertiary/aromatic N) is 2. The molecule has 5 heteroatoms. The molecule has 2 heterocycles. The molecule has 0 spiro atoms. The van der Waals surface area contributed by atoms with Crippen LogP contribution in [0.15, 0.2) is 9.98 Å². The zero-order valence-corrected chi connectivity index (χ0v) is 9.73. The Balaban J connectivity index is 2.25. The van der Waals surface area contributed by atoms with Gasteiger partial charge in [-0.05, 0) is 29.4 Å². The Kier molecular flexibility index (Phi) is 2.44. The van der Waals surface area contributed by atoms with Crippen LogP contribution in [0, 0.1) is 0 Å². The van der Waals surface area contributed by atoms with Gasteiger partial charge in [-0.25, -0.2) is 4.98 Å². The van der Waals surface area contributed by atoms with E-state index in [1.165, 1.54) is 11.3 Å². The fraction of sp³-hybridized carbons (Fsp3) is 0.625. The zero-order chi connectivity index (χ0) is 9.47. The van der Waals surface area contributed by atoms with E-state index in [0.29, 0.717) is 6.54 Å². The van der Waals surface area contributed by atoms with Gasteiger partial charge in [0, 0.05) is 18.5 Å². The number of likely N-dealkylation sites (tertiary alicyclic amines) is 1. The number of likely N-dealkylation sites (N-methyl/N-ethyl adjacent to an activating group) is 1. The molecule has 0 aliphatic carbocycles. The summed E-state index contributed by atoms with van der Waals surface area (Å²) in [5, 5.41) is 13.0. The van der Waals surface area contributed by atoms with Gasteiger partial charge in [0.1, 0.15) is 15.2 Å². The predicted octanol–water partition coefficient (Wildman–Crippen LogP) is 1.43. The largest absolute Gasteiger partial charge is 0.381 e. The van der Waals surface area contributed by atoms with E-state index in [2.05, 4.69) is 25.8 Å². The molecular weight excluding hydrogens is 252 g/mol. The highest BCUT2D eigenvalue weighted by atomic mass is 79.9. The molecule has 0 radical (unpaired) electrons. The summed E-state index contributed by atoms with van der Waals surface area (Å²) >= 11 is 4.81. The van der Waals surface area contributed by atoms with E-state index in [9.17, 15) is 5.11 Å². The van der Waals surface area contributed by atoms with Crippen molar-refractivity contribution < 1.29 is 5.11 Å². The van der Waals surface area contributed by atoms with Crippen LogP contribution >= 0.6 is 27.3 Å². The Labute approximate surface area is 89.5 Å². The van der Waals surface area contributed by atoms with E-state index >= 15 is 0 Å². The third-order valence-electron chi connectivity index (χ3n) is 2.31. The van der Waals surface area contributed by atoms with Crippen LogP contribution in [0.4, 0.5) is 0 Å². The van der Waals surface area contributed by atoms with Crippen molar-refractivity contribution in [3.8, 4) is 0 Å². The topological polar surface area (TPSA) is 36.4 Å². The molecule has 3 nitrogen and oxygen atoms in total. The minimum Gasteiger partial charge on any atom is -0.381 e. The highest BCUT2D eigenvalue weighted by Gasteiger charge is 2.38. The number of hydrogen-bond donors (Lipinski definition) is 1. The van der Waals surface area contributed by atoms with Crippen molar-refractivity contribution in [2.75, 3.05) is 20.1 Å². The van der Waals surface area contributed by atoms with Gasteiger partial charge in [0.05, 0.1) is 0 Å². The van der Waals surface area contributed by atoms with Gasteiger partial charge in [0.25, 0.3) is 0 Å². The molecule has 1 aliphatic heterocycles. The Morgan fingerprint density at radius 2 is 2.54 bits per heavy atom. The van der Waals surface area contributed by atoms with Gasteiger partial charge < -0.3 is 10.0 Å². The normalized spacial score (nSPS) is 29.8. The monoisotopic (exact) mass is 262 g/mol. The van der Waals surface area contributed by atoms with Gasteiger partial charge in [0.15, 0.2) is 0 Å². The molecule has 1 atom stereocenters. The van der Waals surface area contributed by atoms with Crippen LogP contribution in [-0.2, 0) is 5.60 Å². The lowest BCUT2D eigenvalue weighted by Gasteiger charge is -2.18. The molecule has 1 aliphatic rings. The lowest BCUT2D eigenvalue weighted by atomic mass is 10.1. The van der Waals surface area contributed by atoms with Gasteiger partial charge in [-0.15, -0.1) is 11.3 Å². The molecule has 0 bridgehead atoms. The zero-order valence-electron chi connectivity index (χ0n) is 7.33. The molecule has 2 rings (SSSR count). The summed E-state index contributed by atoms with van der Waals surface area (Å²) in [6, 6.07) is 0. The van der Waals surface area contributed by atoms with Crippen LogP contribution in [0.3, 0.4) is 0 Å². The maximum Gasteiger partial charge on any atom is 0.130 e. The third kappa shape index (κ3) is 1.79. The number of aliphatic hydroxyl groups is 1. The third-order valence-corrected chi connectivity index (χ3v) is 4.06. The van der Waals surface area contributed by atoms with Crippen molar-refractivity contribution in [3.63, 3.8) is 0 Å². The number of aromatic nitrogens is 1. The van der Waals surface area contributed by atoms with Gasteiger partial charge in [-0.2, -0.15) is 0 Å². The minimum atomic E-state index is -0.717. The molecule has 1 saturated heterocycles. The summed E-state index contributed by atoms with van der Waals surface area (Å²) in [5.74, 6) is 0. The van der Waals surface area contributed by atoms with Gasteiger partial charge >= 0.3 is 0 Å². The fourth-order valence-corrected chi connectivity index (χ4v) is 3.00. The molecule has 1 aromatic rings. The van der Waals surface area contributed by atoms with Gasteiger partial charge in [-0.3, -0.25) is 0 Å². The van der Waals surface area contributed by atoms with E-state index in [1.807, 2.05) is 12.4 Å².